The fourth-order valence-electron chi connectivity index (χ4n) is 1.20. The van der Waals surface area contributed by atoms with E-state index >= 15 is 0 Å². The maximum atomic E-state index is 4.15. The third-order valence-corrected chi connectivity index (χ3v) is 3.06. The Labute approximate surface area is 88.7 Å². The summed E-state index contributed by atoms with van der Waals surface area (Å²) >= 11 is 1.71. The Balaban J connectivity index is 1.54. The Morgan fingerprint density at radius 1 is 1.36 bits per heavy atom. The van der Waals surface area contributed by atoms with E-state index in [0.717, 1.165) is 23.4 Å². The van der Waals surface area contributed by atoms with E-state index in [0.29, 0.717) is 0 Å². The fourth-order valence-corrected chi connectivity index (χ4v) is 1.90. The SMILES string of the molecule is c1cnc(SCCNCC2CC2)nc1. The van der Waals surface area contributed by atoms with Crippen molar-refractivity contribution < 1.29 is 0 Å². The maximum absolute atomic E-state index is 4.15. The first-order valence-corrected chi connectivity index (χ1v) is 6.04. The second-order valence-electron chi connectivity index (χ2n) is 3.53. The van der Waals surface area contributed by atoms with Crippen LogP contribution in [-0.2, 0) is 0 Å². The Bertz CT molecular complexity index is 261. The van der Waals surface area contributed by atoms with Gasteiger partial charge < -0.3 is 5.32 Å². The van der Waals surface area contributed by atoms with Crippen molar-refractivity contribution >= 4 is 11.8 Å². The van der Waals surface area contributed by atoms with E-state index < -0.39 is 0 Å². The molecular formula is C10H15N3S. The Hall–Kier alpha value is -0.610. The topological polar surface area (TPSA) is 37.8 Å². The molecule has 1 heterocycles. The smallest absolute Gasteiger partial charge is 0.187 e. The van der Waals surface area contributed by atoms with Crippen molar-refractivity contribution in [1.29, 1.82) is 0 Å². The van der Waals surface area contributed by atoms with E-state index in [1.54, 1.807) is 24.2 Å². The molecule has 0 spiro atoms. The molecule has 76 valence electrons. The molecule has 2 rings (SSSR count). The third kappa shape index (κ3) is 3.64. The van der Waals surface area contributed by atoms with Crippen LogP contribution in [0.15, 0.2) is 23.6 Å². The highest BCUT2D eigenvalue weighted by molar-refractivity contribution is 7.99. The molecule has 0 aromatic carbocycles. The zero-order valence-electron chi connectivity index (χ0n) is 8.15. The average Bonchev–Trinajstić information content (AvgIpc) is 3.03. The summed E-state index contributed by atoms with van der Waals surface area (Å²) < 4.78 is 0. The van der Waals surface area contributed by atoms with Gasteiger partial charge in [0.2, 0.25) is 0 Å². The third-order valence-electron chi connectivity index (χ3n) is 2.18. The molecule has 1 aromatic rings. The van der Waals surface area contributed by atoms with Crippen LogP contribution in [0.2, 0.25) is 0 Å². The summed E-state index contributed by atoms with van der Waals surface area (Å²) in [5, 5.41) is 4.32. The predicted octanol–water partition coefficient (Wildman–Crippen LogP) is 1.57. The number of rotatable bonds is 6. The standard InChI is InChI=1S/C10H15N3S/c1-4-12-10(13-5-1)14-7-6-11-8-9-2-3-9/h1,4-5,9,11H,2-3,6-8H2. The van der Waals surface area contributed by atoms with E-state index in [-0.39, 0.29) is 0 Å². The summed E-state index contributed by atoms with van der Waals surface area (Å²) in [5.74, 6) is 2.02. The molecule has 4 heteroatoms. The number of aromatic nitrogens is 2. The molecule has 0 saturated heterocycles. The van der Waals surface area contributed by atoms with Crippen LogP contribution in [-0.4, -0.2) is 28.8 Å². The number of nitrogens with one attached hydrogen (secondary N) is 1. The van der Waals surface area contributed by atoms with Crippen LogP contribution in [0.5, 0.6) is 0 Å². The molecule has 0 amide bonds. The lowest BCUT2D eigenvalue weighted by atomic mass is 10.4. The molecule has 1 aromatic heterocycles. The van der Waals surface area contributed by atoms with Crippen molar-refractivity contribution in [3.63, 3.8) is 0 Å². The van der Waals surface area contributed by atoms with Gasteiger partial charge in [-0.15, -0.1) is 0 Å². The normalized spacial score (nSPS) is 15.7. The largest absolute Gasteiger partial charge is 0.316 e. The van der Waals surface area contributed by atoms with Gasteiger partial charge >= 0.3 is 0 Å². The van der Waals surface area contributed by atoms with Crippen molar-refractivity contribution in [3.8, 4) is 0 Å². The molecule has 14 heavy (non-hydrogen) atoms. The molecule has 0 aliphatic heterocycles. The summed E-state index contributed by atoms with van der Waals surface area (Å²) in [6.07, 6.45) is 6.41. The summed E-state index contributed by atoms with van der Waals surface area (Å²) in [5.41, 5.74) is 0. The van der Waals surface area contributed by atoms with Crippen molar-refractivity contribution in [2.75, 3.05) is 18.8 Å². The van der Waals surface area contributed by atoms with E-state index in [9.17, 15) is 0 Å². The minimum Gasteiger partial charge on any atom is -0.316 e. The lowest BCUT2D eigenvalue weighted by molar-refractivity contribution is 0.665. The summed E-state index contributed by atoms with van der Waals surface area (Å²) in [4.78, 5) is 8.30. The molecule has 0 atom stereocenters. The van der Waals surface area contributed by atoms with E-state index in [2.05, 4.69) is 15.3 Å². The Kier molecular flexibility index (Phi) is 3.77. The Morgan fingerprint density at radius 2 is 2.14 bits per heavy atom. The molecule has 1 aliphatic rings. The predicted molar refractivity (Wildman–Crippen MR) is 58.3 cm³/mol. The molecule has 1 aliphatic carbocycles. The number of thioether (sulfide) groups is 1. The highest BCUT2D eigenvalue weighted by Gasteiger charge is 2.19. The van der Waals surface area contributed by atoms with Gasteiger partial charge in [0, 0.05) is 24.7 Å². The molecule has 3 nitrogen and oxygen atoms in total. The Morgan fingerprint density at radius 3 is 2.86 bits per heavy atom. The van der Waals surface area contributed by atoms with Crippen LogP contribution in [0.3, 0.4) is 0 Å². The van der Waals surface area contributed by atoms with Gasteiger partial charge in [-0.25, -0.2) is 9.97 Å². The van der Waals surface area contributed by atoms with Crippen LogP contribution in [0.1, 0.15) is 12.8 Å². The number of hydrogen-bond donors (Lipinski definition) is 1. The second-order valence-corrected chi connectivity index (χ2v) is 4.59. The molecule has 0 bridgehead atoms. The maximum Gasteiger partial charge on any atom is 0.187 e. The van der Waals surface area contributed by atoms with Gasteiger partial charge in [0.05, 0.1) is 0 Å². The summed E-state index contributed by atoms with van der Waals surface area (Å²) in [6, 6.07) is 1.84. The van der Waals surface area contributed by atoms with Crippen molar-refractivity contribution in [2.45, 2.75) is 18.0 Å². The monoisotopic (exact) mass is 209 g/mol. The van der Waals surface area contributed by atoms with E-state index in [1.807, 2.05) is 6.07 Å². The van der Waals surface area contributed by atoms with Crippen molar-refractivity contribution in [3.05, 3.63) is 18.5 Å². The lowest BCUT2D eigenvalue weighted by Crippen LogP contribution is -2.19. The van der Waals surface area contributed by atoms with Gasteiger partial charge in [-0.3, -0.25) is 0 Å². The molecule has 0 unspecified atom stereocenters. The van der Waals surface area contributed by atoms with Crippen LogP contribution < -0.4 is 5.32 Å². The molecule has 0 radical (unpaired) electrons. The first-order valence-electron chi connectivity index (χ1n) is 5.05. The van der Waals surface area contributed by atoms with Crippen LogP contribution in [0, 0.1) is 5.92 Å². The molecule has 1 N–H and O–H groups in total. The van der Waals surface area contributed by atoms with Crippen molar-refractivity contribution in [2.24, 2.45) is 5.92 Å². The second kappa shape index (κ2) is 5.32. The lowest BCUT2D eigenvalue weighted by Gasteiger charge is -2.01. The average molecular weight is 209 g/mol. The molecular weight excluding hydrogens is 194 g/mol. The number of hydrogen-bond acceptors (Lipinski definition) is 4. The van der Waals surface area contributed by atoms with Gasteiger partial charge in [0.25, 0.3) is 0 Å². The zero-order chi connectivity index (χ0) is 9.64. The molecule has 1 fully saturated rings. The van der Waals surface area contributed by atoms with Gasteiger partial charge in [-0.05, 0) is 31.4 Å². The highest BCUT2D eigenvalue weighted by atomic mass is 32.2. The first-order chi connectivity index (χ1) is 6.95. The molecule has 1 saturated carbocycles. The summed E-state index contributed by atoms with van der Waals surface area (Å²) in [6.45, 7) is 2.25. The minimum absolute atomic E-state index is 0.876. The fraction of sp³-hybridized carbons (Fsp3) is 0.600. The van der Waals surface area contributed by atoms with Gasteiger partial charge in [0.1, 0.15) is 0 Å². The van der Waals surface area contributed by atoms with Crippen LogP contribution in [0.25, 0.3) is 0 Å². The first kappa shape index (κ1) is 9.93. The van der Waals surface area contributed by atoms with Crippen LogP contribution in [0.4, 0.5) is 0 Å². The van der Waals surface area contributed by atoms with Gasteiger partial charge in [-0.2, -0.15) is 0 Å². The van der Waals surface area contributed by atoms with Gasteiger partial charge in [0.15, 0.2) is 5.16 Å². The van der Waals surface area contributed by atoms with E-state index in [1.165, 1.54) is 19.4 Å². The van der Waals surface area contributed by atoms with E-state index in [4.69, 9.17) is 0 Å². The van der Waals surface area contributed by atoms with Crippen molar-refractivity contribution in [1.82, 2.24) is 15.3 Å². The zero-order valence-corrected chi connectivity index (χ0v) is 8.96. The number of nitrogens with zero attached hydrogens (tertiary/aromatic N) is 2. The highest BCUT2D eigenvalue weighted by Crippen LogP contribution is 2.27. The minimum atomic E-state index is 0.876. The summed E-state index contributed by atoms with van der Waals surface area (Å²) in [7, 11) is 0. The quantitative estimate of drug-likeness (QED) is 0.438. The van der Waals surface area contributed by atoms with Crippen LogP contribution >= 0.6 is 11.8 Å². The van der Waals surface area contributed by atoms with Gasteiger partial charge in [-0.1, -0.05) is 11.8 Å².